The van der Waals surface area contributed by atoms with Gasteiger partial charge in [-0.05, 0) is 152 Å². The number of fused-ring (bicyclic) bond motifs is 11. The summed E-state index contributed by atoms with van der Waals surface area (Å²) in [6.45, 7) is 0. The Morgan fingerprint density at radius 1 is 0.215 bits per heavy atom. The second kappa shape index (κ2) is 14.0. The van der Waals surface area contributed by atoms with Crippen LogP contribution in [0.2, 0.25) is 0 Å². The van der Waals surface area contributed by atoms with Crippen LogP contribution in [0.5, 0.6) is 0 Å². The third kappa shape index (κ3) is 5.46. The molecule has 1 heteroatoms. The number of rotatable bonds is 4. The zero-order valence-corrected chi connectivity index (χ0v) is 35.5. The summed E-state index contributed by atoms with van der Waals surface area (Å²) >= 11 is 0. The molecule has 0 aliphatic heterocycles. The van der Waals surface area contributed by atoms with Gasteiger partial charge in [0.15, 0.2) is 0 Å². The SMILES string of the molecule is c1ccc(-c2c3ccccc3c(-c3ccc4cc5cc(-n6c7ccccc7c7ccc8ccccc8c76)ccc5cc4c3)c3ccc(-c4c5ccccc5cc5ccccc45)cc23)cc1. The van der Waals surface area contributed by atoms with Crippen LogP contribution in [0.3, 0.4) is 0 Å². The van der Waals surface area contributed by atoms with Gasteiger partial charge >= 0.3 is 0 Å². The Morgan fingerprint density at radius 2 is 0.692 bits per heavy atom. The first-order valence-electron chi connectivity index (χ1n) is 22.6. The highest BCUT2D eigenvalue weighted by atomic mass is 15.0. The standard InChI is InChI=1S/C64H39N/c1-2-15-41(16-3-1)61-55-23-10-11-24-56(55)63(57-32-30-47(39-59(57)61)62-51-19-7-5-17-44(51)36-45-18-6-8-20-52(45)62)46-27-26-42-35-49-38-50(31-28-43(49)34-48(42)37-46)65-60-25-13-12-22-54(60)58-33-29-40-14-4-9-21-53(40)64(58)65/h1-39H. The van der Waals surface area contributed by atoms with Crippen molar-refractivity contribution in [3.05, 3.63) is 237 Å². The zero-order valence-electron chi connectivity index (χ0n) is 35.5. The molecular weight excluding hydrogens is 783 g/mol. The molecule has 1 aromatic heterocycles. The van der Waals surface area contributed by atoms with Crippen LogP contribution < -0.4 is 0 Å². The van der Waals surface area contributed by atoms with Crippen LogP contribution in [0, 0.1) is 0 Å². The summed E-state index contributed by atoms with van der Waals surface area (Å²) in [7, 11) is 0. The summed E-state index contributed by atoms with van der Waals surface area (Å²) < 4.78 is 2.46. The van der Waals surface area contributed by atoms with E-state index < -0.39 is 0 Å². The van der Waals surface area contributed by atoms with E-state index in [4.69, 9.17) is 0 Å². The van der Waals surface area contributed by atoms with E-state index in [0.717, 1.165) is 0 Å². The number of hydrogen-bond acceptors (Lipinski definition) is 0. The minimum Gasteiger partial charge on any atom is -0.309 e. The van der Waals surface area contributed by atoms with Crippen molar-refractivity contribution in [3.8, 4) is 39.1 Å². The molecule has 65 heavy (non-hydrogen) atoms. The number of para-hydroxylation sites is 1. The van der Waals surface area contributed by atoms with Gasteiger partial charge in [0.25, 0.3) is 0 Å². The van der Waals surface area contributed by atoms with Crippen molar-refractivity contribution in [1.82, 2.24) is 4.57 Å². The van der Waals surface area contributed by atoms with Gasteiger partial charge in [-0.3, -0.25) is 0 Å². The third-order valence-corrected chi connectivity index (χ3v) is 14.0. The van der Waals surface area contributed by atoms with Gasteiger partial charge in [-0.1, -0.05) is 188 Å². The van der Waals surface area contributed by atoms with Crippen molar-refractivity contribution in [2.24, 2.45) is 0 Å². The summed E-state index contributed by atoms with van der Waals surface area (Å²) in [6.07, 6.45) is 0. The van der Waals surface area contributed by atoms with Crippen molar-refractivity contribution in [1.29, 1.82) is 0 Å². The molecule has 1 nitrogen and oxygen atoms in total. The normalized spacial score (nSPS) is 12.0. The van der Waals surface area contributed by atoms with Crippen LogP contribution in [0.15, 0.2) is 237 Å². The molecule has 0 amide bonds. The van der Waals surface area contributed by atoms with Crippen molar-refractivity contribution < 1.29 is 0 Å². The maximum Gasteiger partial charge on any atom is 0.0619 e. The van der Waals surface area contributed by atoms with Crippen LogP contribution in [0.4, 0.5) is 0 Å². The fourth-order valence-electron chi connectivity index (χ4n) is 11.2. The second-order valence-electron chi connectivity index (χ2n) is 17.6. The highest BCUT2D eigenvalue weighted by molar-refractivity contribution is 6.24. The molecule has 0 N–H and O–H groups in total. The monoisotopic (exact) mass is 821 g/mol. The molecule has 0 saturated heterocycles. The summed E-state index contributed by atoms with van der Waals surface area (Å²) in [5.74, 6) is 0. The lowest BCUT2D eigenvalue weighted by atomic mass is 9.83. The second-order valence-corrected chi connectivity index (χ2v) is 17.6. The van der Waals surface area contributed by atoms with Crippen molar-refractivity contribution >= 4 is 97.2 Å². The zero-order chi connectivity index (χ0) is 42.6. The predicted octanol–water partition coefficient (Wildman–Crippen LogP) is 17.9. The highest BCUT2D eigenvalue weighted by Crippen LogP contribution is 2.47. The summed E-state index contributed by atoms with van der Waals surface area (Å²) in [5.41, 5.74) is 11.1. The van der Waals surface area contributed by atoms with E-state index in [2.05, 4.69) is 241 Å². The van der Waals surface area contributed by atoms with E-state index >= 15 is 0 Å². The van der Waals surface area contributed by atoms with Gasteiger partial charge in [0, 0.05) is 21.8 Å². The molecule has 13 aromatic carbocycles. The van der Waals surface area contributed by atoms with Crippen molar-refractivity contribution in [3.63, 3.8) is 0 Å². The van der Waals surface area contributed by atoms with Gasteiger partial charge in [0.2, 0.25) is 0 Å². The first-order chi connectivity index (χ1) is 32.2. The molecule has 0 unspecified atom stereocenters. The van der Waals surface area contributed by atoms with Gasteiger partial charge in [0.05, 0.1) is 11.0 Å². The number of aromatic nitrogens is 1. The Morgan fingerprint density at radius 3 is 1.43 bits per heavy atom. The van der Waals surface area contributed by atoms with Crippen LogP contribution in [-0.2, 0) is 0 Å². The van der Waals surface area contributed by atoms with E-state index in [0.29, 0.717) is 0 Å². The van der Waals surface area contributed by atoms with Gasteiger partial charge < -0.3 is 4.57 Å². The van der Waals surface area contributed by atoms with E-state index in [1.807, 2.05) is 0 Å². The van der Waals surface area contributed by atoms with E-state index in [-0.39, 0.29) is 0 Å². The van der Waals surface area contributed by atoms with E-state index in [9.17, 15) is 0 Å². The number of nitrogens with zero attached hydrogens (tertiary/aromatic N) is 1. The van der Waals surface area contributed by atoms with Crippen LogP contribution in [-0.4, -0.2) is 4.57 Å². The molecule has 0 aliphatic rings. The number of benzene rings is 13. The van der Waals surface area contributed by atoms with Gasteiger partial charge in [0.1, 0.15) is 0 Å². The first-order valence-corrected chi connectivity index (χ1v) is 22.6. The quantitative estimate of drug-likeness (QED) is 0.156. The van der Waals surface area contributed by atoms with E-state index in [1.165, 1.54) is 136 Å². The molecule has 14 rings (SSSR count). The predicted molar refractivity (Wildman–Crippen MR) is 280 cm³/mol. The minimum absolute atomic E-state index is 1.17. The largest absolute Gasteiger partial charge is 0.309 e. The fraction of sp³-hybridized carbons (Fsp3) is 0. The molecule has 0 atom stereocenters. The Balaban J connectivity index is 0.982. The smallest absolute Gasteiger partial charge is 0.0619 e. The molecule has 0 aliphatic carbocycles. The van der Waals surface area contributed by atoms with Crippen LogP contribution >= 0.6 is 0 Å². The van der Waals surface area contributed by atoms with Gasteiger partial charge in [-0.15, -0.1) is 0 Å². The Kier molecular flexibility index (Phi) is 7.75. The topological polar surface area (TPSA) is 4.93 Å². The molecule has 0 bridgehead atoms. The lowest BCUT2D eigenvalue weighted by Crippen LogP contribution is -1.94. The average molecular weight is 822 g/mol. The molecule has 0 fully saturated rings. The summed E-state index contributed by atoms with van der Waals surface area (Å²) in [6, 6.07) is 88.0. The third-order valence-electron chi connectivity index (χ3n) is 14.0. The summed E-state index contributed by atoms with van der Waals surface area (Å²) in [5, 5.41) is 20.0. The average Bonchev–Trinajstić information content (AvgIpc) is 3.71. The summed E-state index contributed by atoms with van der Waals surface area (Å²) in [4.78, 5) is 0. The van der Waals surface area contributed by atoms with Gasteiger partial charge in [-0.2, -0.15) is 0 Å². The van der Waals surface area contributed by atoms with Crippen LogP contribution in [0.25, 0.3) is 136 Å². The molecule has 0 radical (unpaired) electrons. The highest BCUT2D eigenvalue weighted by Gasteiger charge is 2.20. The van der Waals surface area contributed by atoms with Gasteiger partial charge in [-0.25, -0.2) is 0 Å². The maximum atomic E-state index is 2.47. The molecule has 14 aromatic rings. The number of hydrogen-bond donors (Lipinski definition) is 0. The fourth-order valence-corrected chi connectivity index (χ4v) is 11.2. The molecular formula is C64H39N. The van der Waals surface area contributed by atoms with Crippen molar-refractivity contribution in [2.45, 2.75) is 0 Å². The minimum atomic E-state index is 1.17. The Bertz CT molecular complexity index is 4230. The lowest BCUT2D eigenvalue weighted by molar-refractivity contribution is 1.19. The van der Waals surface area contributed by atoms with Crippen LogP contribution in [0.1, 0.15) is 0 Å². The molecule has 300 valence electrons. The molecule has 0 saturated carbocycles. The lowest BCUT2D eigenvalue weighted by Gasteiger charge is -2.20. The Hall–Kier alpha value is -8.52. The molecule has 0 spiro atoms. The first kappa shape index (κ1) is 36.0. The Labute approximate surface area is 375 Å². The van der Waals surface area contributed by atoms with Crippen molar-refractivity contribution in [2.75, 3.05) is 0 Å². The maximum absolute atomic E-state index is 2.47. The van der Waals surface area contributed by atoms with E-state index in [1.54, 1.807) is 0 Å². The molecule has 1 heterocycles.